The van der Waals surface area contributed by atoms with E-state index in [1.54, 1.807) is 0 Å². The highest BCUT2D eigenvalue weighted by Gasteiger charge is 2.24. The van der Waals surface area contributed by atoms with Gasteiger partial charge in [0, 0.05) is 43.2 Å². The first-order valence-electron chi connectivity index (χ1n) is 10.4. The lowest BCUT2D eigenvalue weighted by atomic mass is 10.1. The third kappa shape index (κ3) is 3.50. The summed E-state index contributed by atoms with van der Waals surface area (Å²) in [6.07, 6.45) is 0.809. The monoisotopic (exact) mass is 414 g/mol. The summed E-state index contributed by atoms with van der Waals surface area (Å²) in [6.45, 7) is 4.77. The van der Waals surface area contributed by atoms with Crippen LogP contribution in [0, 0.1) is 18.3 Å². The Morgan fingerprint density at radius 2 is 1.87 bits per heavy atom. The van der Waals surface area contributed by atoms with Crippen molar-refractivity contribution in [1.82, 2.24) is 9.88 Å². The Labute approximate surface area is 180 Å². The molecule has 0 saturated carbocycles. The second kappa shape index (κ2) is 7.80. The Bertz CT molecular complexity index is 1220. The van der Waals surface area contributed by atoms with Crippen LogP contribution in [0.5, 0.6) is 11.5 Å². The first-order chi connectivity index (χ1) is 15.1. The highest BCUT2D eigenvalue weighted by atomic mass is 16.7. The molecule has 5 rings (SSSR count). The van der Waals surface area contributed by atoms with Crippen LogP contribution < -0.4 is 14.4 Å². The molecule has 31 heavy (non-hydrogen) atoms. The highest BCUT2D eigenvalue weighted by Crippen LogP contribution is 2.37. The van der Waals surface area contributed by atoms with E-state index in [9.17, 15) is 10.1 Å². The molecule has 1 amide bonds. The number of nitrogens with zero attached hydrogens (tertiary/aromatic N) is 4. The number of carbonyl (C=O) groups excluding carboxylic acids is 1. The van der Waals surface area contributed by atoms with E-state index < -0.39 is 0 Å². The lowest BCUT2D eigenvalue weighted by Gasteiger charge is -2.24. The van der Waals surface area contributed by atoms with Crippen molar-refractivity contribution in [3.05, 3.63) is 59.2 Å². The maximum atomic E-state index is 13.0. The zero-order valence-electron chi connectivity index (χ0n) is 17.3. The quantitative estimate of drug-likeness (QED) is 0.639. The molecule has 0 N–H and O–H groups in total. The SMILES string of the molecule is Cc1ccccc1C(=O)N1CCCN(c2nc3cc4c(cc3cc2C#N)OCO4)CC1. The van der Waals surface area contributed by atoms with Gasteiger partial charge < -0.3 is 19.3 Å². The molecule has 7 nitrogen and oxygen atoms in total. The number of carbonyl (C=O) groups is 1. The van der Waals surface area contributed by atoms with Crippen molar-refractivity contribution >= 4 is 22.6 Å². The predicted molar refractivity (Wildman–Crippen MR) is 116 cm³/mol. The van der Waals surface area contributed by atoms with Crippen LogP contribution in [0.1, 0.15) is 27.9 Å². The molecule has 0 atom stereocenters. The summed E-state index contributed by atoms with van der Waals surface area (Å²) in [4.78, 5) is 21.8. The van der Waals surface area contributed by atoms with Crippen LogP contribution in [0.4, 0.5) is 5.82 Å². The van der Waals surface area contributed by atoms with Crippen molar-refractivity contribution in [1.29, 1.82) is 5.26 Å². The summed E-state index contributed by atoms with van der Waals surface area (Å²) in [5.74, 6) is 2.05. The van der Waals surface area contributed by atoms with Gasteiger partial charge in [0.05, 0.1) is 11.1 Å². The second-order valence-corrected chi connectivity index (χ2v) is 7.82. The first kappa shape index (κ1) is 19.2. The molecule has 1 fully saturated rings. The number of aromatic nitrogens is 1. The minimum Gasteiger partial charge on any atom is -0.454 e. The Kier molecular flexibility index (Phi) is 4.83. The summed E-state index contributed by atoms with van der Waals surface area (Å²) in [6, 6.07) is 15.5. The Morgan fingerprint density at radius 1 is 1.06 bits per heavy atom. The number of benzene rings is 2. The summed E-state index contributed by atoms with van der Waals surface area (Å²) in [5.41, 5.74) is 3.00. The zero-order valence-corrected chi connectivity index (χ0v) is 17.3. The number of ether oxygens (including phenoxy) is 2. The molecule has 1 aromatic heterocycles. The van der Waals surface area contributed by atoms with Gasteiger partial charge in [-0.05, 0) is 37.1 Å². The van der Waals surface area contributed by atoms with Crippen molar-refractivity contribution in [2.24, 2.45) is 0 Å². The normalized spacial score (nSPS) is 15.6. The number of anilines is 1. The van der Waals surface area contributed by atoms with Gasteiger partial charge in [0.25, 0.3) is 5.91 Å². The van der Waals surface area contributed by atoms with E-state index in [0.717, 1.165) is 35.0 Å². The number of rotatable bonds is 2. The average molecular weight is 414 g/mol. The van der Waals surface area contributed by atoms with Gasteiger partial charge >= 0.3 is 0 Å². The smallest absolute Gasteiger partial charge is 0.254 e. The van der Waals surface area contributed by atoms with Crippen LogP contribution in [-0.4, -0.2) is 48.8 Å². The number of nitriles is 1. The van der Waals surface area contributed by atoms with Crippen LogP contribution in [0.3, 0.4) is 0 Å². The zero-order chi connectivity index (χ0) is 21.4. The minimum absolute atomic E-state index is 0.0552. The number of pyridine rings is 1. The third-order valence-corrected chi connectivity index (χ3v) is 5.87. The van der Waals surface area contributed by atoms with Crippen molar-refractivity contribution in [2.45, 2.75) is 13.3 Å². The molecule has 156 valence electrons. The number of amides is 1. The number of hydrogen-bond acceptors (Lipinski definition) is 6. The molecule has 0 unspecified atom stereocenters. The standard InChI is InChI=1S/C24H22N4O3/c1-16-5-2-3-6-19(16)24(29)28-8-4-7-27(9-10-28)23-18(14-25)11-17-12-21-22(31-15-30-21)13-20(17)26-23/h2-3,5-6,11-13H,4,7-10,15H2,1H3. The van der Waals surface area contributed by atoms with E-state index in [-0.39, 0.29) is 12.7 Å². The first-order valence-corrected chi connectivity index (χ1v) is 10.4. The molecule has 7 heteroatoms. The van der Waals surface area contributed by atoms with E-state index >= 15 is 0 Å². The molecule has 2 aliphatic heterocycles. The van der Waals surface area contributed by atoms with E-state index in [0.29, 0.717) is 42.5 Å². The summed E-state index contributed by atoms with van der Waals surface area (Å²) >= 11 is 0. The third-order valence-electron chi connectivity index (χ3n) is 5.87. The summed E-state index contributed by atoms with van der Waals surface area (Å²) < 4.78 is 10.9. The Balaban J connectivity index is 1.42. The lowest BCUT2D eigenvalue weighted by Crippen LogP contribution is -2.35. The molecule has 0 bridgehead atoms. The molecule has 0 aliphatic carbocycles. The molecular formula is C24H22N4O3. The fraction of sp³-hybridized carbons (Fsp3) is 0.292. The van der Waals surface area contributed by atoms with E-state index in [1.165, 1.54) is 0 Å². The molecule has 0 spiro atoms. The number of aryl methyl sites for hydroxylation is 1. The molecule has 2 aromatic carbocycles. The molecule has 0 radical (unpaired) electrons. The van der Waals surface area contributed by atoms with E-state index in [2.05, 4.69) is 11.0 Å². The maximum Gasteiger partial charge on any atom is 0.254 e. The van der Waals surface area contributed by atoms with Crippen LogP contribution in [-0.2, 0) is 0 Å². The van der Waals surface area contributed by atoms with Gasteiger partial charge in [0.1, 0.15) is 11.9 Å². The van der Waals surface area contributed by atoms with Crippen molar-refractivity contribution < 1.29 is 14.3 Å². The minimum atomic E-state index is 0.0552. The molecule has 1 saturated heterocycles. The molecule has 3 heterocycles. The fourth-order valence-electron chi connectivity index (χ4n) is 4.19. The average Bonchev–Trinajstić information content (AvgIpc) is 3.09. The van der Waals surface area contributed by atoms with Crippen LogP contribution in [0.2, 0.25) is 0 Å². The van der Waals surface area contributed by atoms with Gasteiger partial charge in [-0.3, -0.25) is 4.79 Å². The van der Waals surface area contributed by atoms with Crippen LogP contribution in [0.25, 0.3) is 10.9 Å². The molecular weight excluding hydrogens is 392 g/mol. The molecule has 3 aromatic rings. The van der Waals surface area contributed by atoms with E-state index in [1.807, 2.05) is 54.3 Å². The maximum absolute atomic E-state index is 13.0. The summed E-state index contributed by atoms with van der Waals surface area (Å²) in [7, 11) is 0. The van der Waals surface area contributed by atoms with Gasteiger partial charge in [0.2, 0.25) is 6.79 Å². The van der Waals surface area contributed by atoms with Crippen molar-refractivity contribution in [2.75, 3.05) is 37.9 Å². The second-order valence-electron chi connectivity index (χ2n) is 7.82. The predicted octanol–water partition coefficient (Wildman–Crippen LogP) is 3.50. The fourth-order valence-corrected chi connectivity index (χ4v) is 4.19. The van der Waals surface area contributed by atoms with Crippen molar-refractivity contribution in [3.8, 4) is 17.6 Å². The Hall–Kier alpha value is -3.79. The number of fused-ring (bicyclic) bond motifs is 2. The van der Waals surface area contributed by atoms with Gasteiger partial charge in [-0.2, -0.15) is 5.26 Å². The Morgan fingerprint density at radius 3 is 2.68 bits per heavy atom. The van der Waals surface area contributed by atoms with Gasteiger partial charge in [0.15, 0.2) is 11.5 Å². The van der Waals surface area contributed by atoms with Gasteiger partial charge in [-0.15, -0.1) is 0 Å². The van der Waals surface area contributed by atoms with E-state index in [4.69, 9.17) is 14.5 Å². The largest absolute Gasteiger partial charge is 0.454 e. The van der Waals surface area contributed by atoms with Gasteiger partial charge in [-0.1, -0.05) is 18.2 Å². The van der Waals surface area contributed by atoms with Crippen LogP contribution in [0.15, 0.2) is 42.5 Å². The van der Waals surface area contributed by atoms with Crippen molar-refractivity contribution in [3.63, 3.8) is 0 Å². The highest BCUT2D eigenvalue weighted by molar-refractivity contribution is 5.95. The summed E-state index contributed by atoms with van der Waals surface area (Å²) in [5, 5.41) is 10.6. The number of hydrogen-bond donors (Lipinski definition) is 0. The van der Waals surface area contributed by atoms with Crippen LogP contribution >= 0.6 is 0 Å². The molecule has 2 aliphatic rings. The topological polar surface area (TPSA) is 78.7 Å². The van der Waals surface area contributed by atoms with Gasteiger partial charge in [-0.25, -0.2) is 4.98 Å². The lowest BCUT2D eigenvalue weighted by molar-refractivity contribution is 0.0766.